The van der Waals surface area contributed by atoms with Crippen molar-refractivity contribution in [3.63, 3.8) is 0 Å². The van der Waals surface area contributed by atoms with E-state index in [0.29, 0.717) is 53.6 Å². The Labute approximate surface area is 266 Å². The molecule has 11 nitrogen and oxygen atoms in total. The summed E-state index contributed by atoms with van der Waals surface area (Å²) in [7, 11) is 2.79. The molecule has 5 aromatic rings. The number of carboxylic acid groups (broad SMARTS) is 1. The Morgan fingerprint density at radius 2 is 1.72 bits per heavy atom. The molecule has 0 bridgehead atoms. The summed E-state index contributed by atoms with van der Waals surface area (Å²) in [6.07, 6.45) is 2.24. The van der Waals surface area contributed by atoms with Crippen molar-refractivity contribution in [2.24, 2.45) is 0 Å². The highest BCUT2D eigenvalue weighted by atomic mass is 35.5. The van der Waals surface area contributed by atoms with Crippen LogP contribution in [-0.2, 0) is 22.6 Å². The lowest BCUT2D eigenvalue weighted by Crippen LogP contribution is -2.11. The first-order chi connectivity index (χ1) is 19.4. The van der Waals surface area contributed by atoms with Crippen LogP contribution in [0.25, 0.3) is 33.6 Å². The summed E-state index contributed by atoms with van der Waals surface area (Å²) in [6.45, 7) is 1.11. The summed E-state index contributed by atoms with van der Waals surface area (Å²) in [6, 6.07) is 16.3. The molecule has 0 aliphatic heterocycles. The van der Waals surface area contributed by atoms with Gasteiger partial charge in [0.1, 0.15) is 22.7 Å². The maximum absolute atomic E-state index is 12.3. The molecule has 0 saturated carbocycles. The molecular formula is C29H32Cl3N5O6. The Kier molecular flexibility index (Phi) is 12.5. The van der Waals surface area contributed by atoms with Crippen molar-refractivity contribution in [2.45, 2.75) is 25.9 Å². The number of hydrogen-bond donors (Lipinski definition) is 2. The smallest absolute Gasteiger partial charge is 0.338 e. The van der Waals surface area contributed by atoms with Crippen molar-refractivity contribution in [1.82, 2.24) is 19.1 Å². The number of carboxylic acids is 1. The monoisotopic (exact) mass is 651 g/mol. The number of carbonyl (C=O) groups excluding carboxylic acids is 1. The zero-order valence-corrected chi connectivity index (χ0v) is 25.8. The second-order valence-electron chi connectivity index (χ2n) is 9.11. The standard InChI is InChI=1S/C29H29N5O6.3ClH/c1-38-24-17-19(29(37)39-2)15-21-26(24)34(13-10-25(35)36)28(32-21)22-16-18-7-5-11-31-27(18)33(22)12-6-14-40-23-9-4-3-8-20(23)30;;;/h3-5,7-9,11,15-17H,6,10,12-14,30H2,1-2H3,(H,35,36);3*1H. The van der Waals surface area contributed by atoms with Crippen LogP contribution in [-0.4, -0.2) is 57.0 Å². The summed E-state index contributed by atoms with van der Waals surface area (Å²) in [5.74, 6) is 0.0679. The molecule has 3 heterocycles. The normalized spacial score (nSPS) is 10.4. The maximum atomic E-state index is 12.3. The predicted octanol–water partition coefficient (Wildman–Crippen LogP) is 5.64. The van der Waals surface area contributed by atoms with Gasteiger partial charge in [-0.15, -0.1) is 37.2 Å². The fourth-order valence-corrected chi connectivity index (χ4v) is 4.76. The molecule has 0 radical (unpaired) electrons. The topological polar surface area (TPSA) is 144 Å². The lowest BCUT2D eigenvalue weighted by atomic mass is 10.2. The number of imidazole rings is 1. The molecule has 230 valence electrons. The average Bonchev–Trinajstić information content (AvgIpc) is 3.52. The lowest BCUT2D eigenvalue weighted by molar-refractivity contribution is -0.137. The fraction of sp³-hybridized carbons (Fsp3) is 0.241. The fourth-order valence-electron chi connectivity index (χ4n) is 4.76. The van der Waals surface area contributed by atoms with E-state index in [-0.39, 0.29) is 55.8 Å². The van der Waals surface area contributed by atoms with Crippen LogP contribution in [0.2, 0.25) is 0 Å². The molecule has 2 aromatic carbocycles. The van der Waals surface area contributed by atoms with Gasteiger partial charge < -0.3 is 34.2 Å². The third kappa shape index (κ3) is 7.24. The van der Waals surface area contributed by atoms with Gasteiger partial charge in [-0.1, -0.05) is 12.1 Å². The van der Waals surface area contributed by atoms with E-state index in [9.17, 15) is 14.7 Å². The number of nitrogens with zero attached hydrogens (tertiary/aromatic N) is 4. The Bertz CT molecular complexity index is 1720. The van der Waals surface area contributed by atoms with Crippen molar-refractivity contribution in [3.8, 4) is 23.0 Å². The molecular weight excluding hydrogens is 621 g/mol. The Balaban J connectivity index is 0.00000215. The predicted molar refractivity (Wildman–Crippen MR) is 171 cm³/mol. The number of aryl methyl sites for hydroxylation is 2. The number of pyridine rings is 1. The minimum atomic E-state index is -0.947. The molecule has 0 aliphatic carbocycles. The zero-order chi connectivity index (χ0) is 28.2. The molecule has 5 rings (SSSR count). The summed E-state index contributed by atoms with van der Waals surface area (Å²) < 4.78 is 20.3. The van der Waals surface area contributed by atoms with Crippen LogP contribution < -0.4 is 15.2 Å². The molecule has 0 fully saturated rings. The Morgan fingerprint density at radius 1 is 0.953 bits per heavy atom. The molecule has 0 unspecified atom stereocenters. The Morgan fingerprint density at radius 3 is 2.42 bits per heavy atom. The maximum Gasteiger partial charge on any atom is 0.338 e. The van der Waals surface area contributed by atoms with Gasteiger partial charge in [-0.05, 0) is 48.9 Å². The number of para-hydroxylation sites is 2. The SMILES string of the molecule is COC(=O)c1cc(OC)c2c(c1)nc(-c1cc3cccnc3n1CCCOc1ccccc1N)n2CCC(=O)O.Cl.Cl.Cl. The molecule has 0 atom stereocenters. The second-order valence-corrected chi connectivity index (χ2v) is 9.11. The van der Waals surface area contributed by atoms with Crippen LogP contribution in [0.4, 0.5) is 5.69 Å². The van der Waals surface area contributed by atoms with Crippen molar-refractivity contribution in [1.29, 1.82) is 0 Å². The van der Waals surface area contributed by atoms with E-state index in [1.807, 2.05) is 45.5 Å². The van der Waals surface area contributed by atoms with Crippen molar-refractivity contribution < 1.29 is 28.9 Å². The van der Waals surface area contributed by atoms with E-state index in [0.717, 1.165) is 16.7 Å². The number of ether oxygens (including phenoxy) is 3. The molecule has 0 spiro atoms. The van der Waals surface area contributed by atoms with Gasteiger partial charge in [0, 0.05) is 24.7 Å². The largest absolute Gasteiger partial charge is 0.494 e. The van der Waals surface area contributed by atoms with Crippen LogP contribution in [0.3, 0.4) is 0 Å². The van der Waals surface area contributed by atoms with Crippen molar-refractivity contribution in [2.75, 3.05) is 26.6 Å². The van der Waals surface area contributed by atoms with Gasteiger partial charge in [0.25, 0.3) is 0 Å². The number of halogens is 3. The minimum Gasteiger partial charge on any atom is -0.494 e. The van der Waals surface area contributed by atoms with E-state index >= 15 is 0 Å². The molecule has 0 aliphatic rings. The quantitative estimate of drug-likeness (QED) is 0.105. The third-order valence-electron chi connectivity index (χ3n) is 6.58. The molecule has 0 amide bonds. The van der Waals surface area contributed by atoms with Gasteiger partial charge >= 0.3 is 11.9 Å². The summed E-state index contributed by atoms with van der Waals surface area (Å²) >= 11 is 0. The number of nitrogens with two attached hydrogens (primary N) is 1. The summed E-state index contributed by atoms with van der Waals surface area (Å²) in [4.78, 5) is 33.4. The molecule has 14 heteroatoms. The number of nitrogen functional groups attached to an aromatic ring is 1. The van der Waals surface area contributed by atoms with Gasteiger partial charge in [0.2, 0.25) is 0 Å². The van der Waals surface area contributed by atoms with Crippen LogP contribution >= 0.6 is 37.2 Å². The van der Waals surface area contributed by atoms with Gasteiger partial charge in [-0.2, -0.15) is 0 Å². The van der Waals surface area contributed by atoms with Crippen LogP contribution in [0.5, 0.6) is 11.5 Å². The van der Waals surface area contributed by atoms with Gasteiger partial charge in [0.05, 0.1) is 49.7 Å². The highest BCUT2D eigenvalue weighted by molar-refractivity contribution is 5.97. The number of aliphatic carboxylic acids is 1. The van der Waals surface area contributed by atoms with E-state index < -0.39 is 11.9 Å². The summed E-state index contributed by atoms with van der Waals surface area (Å²) in [5, 5.41) is 10.4. The van der Waals surface area contributed by atoms with Crippen LogP contribution in [0, 0.1) is 0 Å². The number of esters is 1. The van der Waals surface area contributed by atoms with E-state index in [1.165, 1.54) is 14.2 Å². The first kappa shape index (κ1) is 35.0. The highest BCUT2D eigenvalue weighted by Gasteiger charge is 2.23. The van der Waals surface area contributed by atoms with Gasteiger partial charge in [-0.3, -0.25) is 4.79 Å². The number of hydrogen-bond acceptors (Lipinski definition) is 8. The molecule has 0 saturated heterocycles. The number of carbonyl (C=O) groups is 2. The highest BCUT2D eigenvalue weighted by Crippen LogP contribution is 2.35. The number of anilines is 1. The third-order valence-corrected chi connectivity index (χ3v) is 6.58. The molecule has 3 aromatic heterocycles. The van der Waals surface area contributed by atoms with E-state index in [4.69, 9.17) is 24.9 Å². The molecule has 3 N–H and O–H groups in total. The molecule has 43 heavy (non-hydrogen) atoms. The number of benzene rings is 2. The van der Waals surface area contributed by atoms with Crippen LogP contribution in [0.15, 0.2) is 60.8 Å². The van der Waals surface area contributed by atoms with Crippen molar-refractivity contribution in [3.05, 3.63) is 66.4 Å². The van der Waals surface area contributed by atoms with Crippen molar-refractivity contribution >= 4 is 76.9 Å². The number of methoxy groups -OCH3 is 2. The number of fused-ring (bicyclic) bond motifs is 2. The first-order valence-electron chi connectivity index (χ1n) is 12.7. The van der Waals surface area contributed by atoms with E-state index in [1.54, 1.807) is 24.4 Å². The van der Waals surface area contributed by atoms with Gasteiger partial charge in [0.15, 0.2) is 5.82 Å². The Hall–Kier alpha value is -4.19. The zero-order valence-electron chi connectivity index (χ0n) is 23.4. The van der Waals surface area contributed by atoms with Crippen LogP contribution in [0.1, 0.15) is 23.2 Å². The summed E-state index contributed by atoms with van der Waals surface area (Å²) in [5.41, 5.74) is 9.42. The first-order valence-corrected chi connectivity index (χ1v) is 12.7. The minimum absolute atomic E-state index is 0. The second kappa shape index (κ2) is 15.3. The van der Waals surface area contributed by atoms with Gasteiger partial charge in [-0.25, -0.2) is 14.8 Å². The average molecular weight is 653 g/mol. The lowest BCUT2D eigenvalue weighted by Gasteiger charge is -2.14. The number of rotatable bonds is 11. The van der Waals surface area contributed by atoms with E-state index in [2.05, 4.69) is 4.98 Å². The number of aromatic nitrogens is 4.